The van der Waals surface area contributed by atoms with E-state index in [9.17, 15) is 9.50 Å². The van der Waals surface area contributed by atoms with Gasteiger partial charge in [0.1, 0.15) is 11.6 Å². The van der Waals surface area contributed by atoms with Crippen molar-refractivity contribution in [2.75, 3.05) is 7.11 Å². The lowest BCUT2D eigenvalue weighted by Crippen LogP contribution is -2.06. The molecular formula is C15H12BrCl2FO2. The third-order valence-corrected chi connectivity index (χ3v) is 4.22. The van der Waals surface area contributed by atoms with Gasteiger partial charge in [0.25, 0.3) is 0 Å². The van der Waals surface area contributed by atoms with Gasteiger partial charge in [-0.25, -0.2) is 4.39 Å². The zero-order valence-corrected chi connectivity index (χ0v) is 14.1. The smallest absolute Gasteiger partial charge is 0.138 e. The Morgan fingerprint density at radius 1 is 1.33 bits per heavy atom. The van der Waals surface area contributed by atoms with Gasteiger partial charge >= 0.3 is 0 Å². The van der Waals surface area contributed by atoms with Gasteiger partial charge in [0.15, 0.2) is 0 Å². The minimum atomic E-state index is -0.996. The van der Waals surface area contributed by atoms with Crippen molar-refractivity contribution in [1.82, 2.24) is 0 Å². The van der Waals surface area contributed by atoms with Gasteiger partial charge < -0.3 is 9.84 Å². The first-order valence-corrected chi connectivity index (χ1v) is 7.62. The number of rotatable bonds is 4. The molecular weight excluding hydrogens is 382 g/mol. The third-order valence-electron chi connectivity index (χ3n) is 3.06. The summed E-state index contributed by atoms with van der Waals surface area (Å²) in [5.41, 5.74) is 0.723. The van der Waals surface area contributed by atoms with Crippen LogP contribution < -0.4 is 4.74 Å². The van der Waals surface area contributed by atoms with Crippen LogP contribution in [0.1, 0.15) is 17.2 Å². The highest BCUT2D eigenvalue weighted by atomic mass is 79.9. The van der Waals surface area contributed by atoms with Crippen molar-refractivity contribution in [3.8, 4) is 5.75 Å². The number of ether oxygens (including phenoxy) is 1. The molecule has 0 aromatic heterocycles. The zero-order valence-electron chi connectivity index (χ0n) is 11.0. The van der Waals surface area contributed by atoms with Crippen molar-refractivity contribution in [2.24, 2.45) is 0 Å². The highest BCUT2D eigenvalue weighted by molar-refractivity contribution is 9.10. The summed E-state index contributed by atoms with van der Waals surface area (Å²) < 4.78 is 19.7. The molecule has 2 nitrogen and oxygen atoms in total. The maximum atomic E-state index is 13.8. The second-order valence-electron chi connectivity index (χ2n) is 4.43. The molecule has 0 fully saturated rings. The van der Waals surface area contributed by atoms with Crippen LogP contribution >= 0.6 is 39.1 Å². The largest absolute Gasteiger partial charge is 0.495 e. The van der Waals surface area contributed by atoms with Crippen LogP contribution in [0, 0.1) is 5.82 Å². The lowest BCUT2D eigenvalue weighted by atomic mass is 10.00. The summed E-state index contributed by atoms with van der Waals surface area (Å²) in [5.74, 6) is 0.000900. The molecule has 0 heterocycles. The van der Waals surface area contributed by atoms with Crippen molar-refractivity contribution in [3.05, 3.63) is 61.8 Å². The number of aliphatic hydroxyl groups excluding tert-OH is 1. The minimum Gasteiger partial charge on any atom is -0.495 e. The molecule has 1 N–H and O–H groups in total. The van der Waals surface area contributed by atoms with Crippen molar-refractivity contribution < 1.29 is 14.2 Å². The zero-order chi connectivity index (χ0) is 15.6. The third kappa shape index (κ3) is 3.69. The predicted octanol–water partition coefficient (Wildman–Crippen LogP) is 5.18. The minimum absolute atomic E-state index is 0.0225. The van der Waals surface area contributed by atoms with Gasteiger partial charge in [-0.2, -0.15) is 0 Å². The molecule has 0 aliphatic heterocycles. The monoisotopic (exact) mass is 392 g/mol. The SMILES string of the molecule is COc1c(Br)cc(Cl)cc1C(O)Cc1c(F)cccc1Cl. The quantitative estimate of drug-likeness (QED) is 0.775. The van der Waals surface area contributed by atoms with E-state index in [1.807, 2.05) is 0 Å². The van der Waals surface area contributed by atoms with Gasteiger partial charge in [0, 0.05) is 27.6 Å². The fourth-order valence-corrected chi connectivity index (χ4v) is 3.31. The maximum absolute atomic E-state index is 13.8. The molecule has 0 saturated carbocycles. The number of methoxy groups -OCH3 is 1. The first-order valence-electron chi connectivity index (χ1n) is 6.08. The average molecular weight is 394 g/mol. The number of hydrogen-bond acceptors (Lipinski definition) is 2. The van der Waals surface area contributed by atoms with Gasteiger partial charge in [0.2, 0.25) is 0 Å². The highest BCUT2D eigenvalue weighted by Crippen LogP contribution is 2.37. The van der Waals surface area contributed by atoms with E-state index in [0.29, 0.717) is 20.8 Å². The molecule has 1 atom stereocenters. The van der Waals surface area contributed by atoms with Crippen molar-refractivity contribution in [3.63, 3.8) is 0 Å². The second-order valence-corrected chi connectivity index (χ2v) is 6.13. The number of benzene rings is 2. The van der Waals surface area contributed by atoms with Crippen LogP contribution in [0.2, 0.25) is 10.0 Å². The maximum Gasteiger partial charge on any atom is 0.138 e. The Hall–Kier alpha value is -0.810. The van der Waals surface area contributed by atoms with Crippen LogP contribution in [0.25, 0.3) is 0 Å². The molecule has 21 heavy (non-hydrogen) atoms. The fourth-order valence-electron chi connectivity index (χ4n) is 2.07. The van der Waals surface area contributed by atoms with Crippen LogP contribution in [0.3, 0.4) is 0 Å². The number of aliphatic hydroxyl groups is 1. The normalized spacial score (nSPS) is 12.3. The standard InChI is InChI=1S/C15H12BrCl2FO2/c1-21-15-10(5-8(17)6-11(15)16)14(20)7-9-12(18)3-2-4-13(9)19/h2-6,14,20H,7H2,1H3. The summed E-state index contributed by atoms with van der Waals surface area (Å²) in [6, 6.07) is 7.65. The van der Waals surface area contributed by atoms with Crippen LogP contribution in [0.4, 0.5) is 4.39 Å². The van der Waals surface area contributed by atoms with Crippen molar-refractivity contribution in [1.29, 1.82) is 0 Å². The van der Waals surface area contributed by atoms with Gasteiger partial charge in [-0.3, -0.25) is 0 Å². The van der Waals surface area contributed by atoms with E-state index in [2.05, 4.69) is 15.9 Å². The van der Waals surface area contributed by atoms with E-state index < -0.39 is 11.9 Å². The molecule has 0 radical (unpaired) electrons. The van der Waals surface area contributed by atoms with E-state index in [0.717, 1.165) is 0 Å². The van der Waals surface area contributed by atoms with E-state index in [1.165, 1.54) is 19.2 Å². The topological polar surface area (TPSA) is 29.5 Å². The van der Waals surface area contributed by atoms with Crippen LogP contribution in [-0.4, -0.2) is 12.2 Å². The molecule has 0 spiro atoms. The van der Waals surface area contributed by atoms with Crippen LogP contribution in [0.15, 0.2) is 34.8 Å². The van der Waals surface area contributed by atoms with E-state index in [4.69, 9.17) is 27.9 Å². The summed E-state index contributed by atoms with van der Waals surface area (Å²) >= 11 is 15.3. The first-order chi connectivity index (χ1) is 9.93. The molecule has 0 saturated heterocycles. The molecule has 112 valence electrons. The molecule has 2 rings (SSSR count). The average Bonchev–Trinajstić information content (AvgIpc) is 2.42. The Balaban J connectivity index is 2.39. The van der Waals surface area contributed by atoms with Crippen molar-refractivity contribution >= 4 is 39.1 Å². The predicted molar refractivity (Wildman–Crippen MR) is 85.8 cm³/mol. The molecule has 1 unspecified atom stereocenters. The van der Waals surface area contributed by atoms with Crippen molar-refractivity contribution in [2.45, 2.75) is 12.5 Å². The Morgan fingerprint density at radius 3 is 2.67 bits per heavy atom. The first kappa shape index (κ1) is 16.6. The van der Waals surface area contributed by atoms with E-state index >= 15 is 0 Å². The van der Waals surface area contributed by atoms with Gasteiger partial charge in [-0.05, 0) is 40.2 Å². The van der Waals surface area contributed by atoms with Crippen LogP contribution in [-0.2, 0) is 6.42 Å². The number of hydrogen-bond donors (Lipinski definition) is 1. The van der Waals surface area contributed by atoms with Crippen LogP contribution in [0.5, 0.6) is 5.75 Å². The summed E-state index contributed by atoms with van der Waals surface area (Å²) in [6.07, 6.45) is -0.974. The summed E-state index contributed by atoms with van der Waals surface area (Å²) in [4.78, 5) is 0. The molecule has 6 heteroatoms. The van der Waals surface area contributed by atoms with E-state index in [-0.39, 0.29) is 17.0 Å². The van der Waals surface area contributed by atoms with Gasteiger partial charge in [-0.15, -0.1) is 0 Å². The van der Waals surface area contributed by atoms with Gasteiger partial charge in [-0.1, -0.05) is 29.3 Å². The van der Waals surface area contributed by atoms with E-state index in [1.54, 1.807) is 18.2 Å². The Kier molecular flexibility index (Phi) is 5.49. The number of halogens is 4. The Labute approximate surface area is 140 Å². The highest BCUT2D eigenvalue weighted by Gasteiger charge is 2.20. The lowest BCUT2D eigenvalue weighted by Gasteiger charge is -2.17. The Morgan fingerprint density at radius 2 is 2.05 bits per heavy atom. The van der Waals surface area contributed by atoms with Gasteiger partial charge in [0.05, 0.1) is 17.7 Å². The molecule has 0 aliphatic carbocycles. The molecule has 2 aromatic carbocycles. The summed E-state index contributed by atoms with van der Waals surface area (Å²) in [5, 5.41) is 11.1. The molecule has 0 aliphatic rings. The molecule has 0 bridgehead atoms. The molecule has 2 aromatic rings. The summed E-state index contributed by atoms with van der Waals surface area (Å²) in [7, 11) is 1.49. The fraction of sp³-hybridized carbons (Fsp3) is 0.200. The molecule has 0 amide bonds. The second kappa shape index (κ2) is 6.97. The summed E-state index contributed by atoms with van der Waals surface area (Å²) in [6.45, 7) is 0. The lowest BCUT2D eigenvalue weighted by molar-refractivity contribution is 0.172. The Bertz CT molecular complexity index is 644.